The molecule has 0 unspecified atom stereocenters. The summed E-state index contributed by atoms with van der Waals surface area (Å²) in [6.07, 6.45) is 1.63. The first kappa shape index (κ1) is 21.3. The molecule has 1 fully saturated rings. The fraction of sp³-hybridized carbons (Fsp3) is 0.318. The molecule has 0 atom stereocenters. The van der Waals surface area contributed by atoms with E-state index in [4.69, 9.17) is 9.68 Å². The lowest BCUT2D eigenvalue weighted by molar-refractivity contribution is 0.0696. The Hall–Kier alpha value is -3.97. The van der Waals surface area contributed by atoms with Crippen molar-refractivity contribution < 1.29 is 9.21 Å². The van der Waals surface area contributed by atoms with Gasteiger partial charge in [-0.3, -0.25) is 4.79 Å². The molecule has 4 rings (SSSR count). The Morgan fingerprint density at radius 1 is 1.22 bits per heavy atom. The van der Waals surface area contributed by atoms with Gasteiger partial charge in [0, 0.05) is 50.2 Å². The molecule has 32 heavy (non-hydrogen) atoms. The van der Waals surface area contributed by atoms with E-state index in [1.165, 1.54) is 0 Å². The maximum absolute atomic E-state index is 12.7. The molecular formula is C22H24N8O2. The second-order valence-corrected chi connectivity index (χ2v) is 7.68. The van der Waals surface area contributed by atoms with E-state index in [1.54, 1.807) is 23.2 Å². The topological polar surface area (TPSA) is 132 Å². The number of pyridine rings is 1. The fourth-order valence-corrected chi connectivity index (χ4v) is 3.32. The summed E-state index contributed by atoms with van der Waals surface area (Å²) in [5.41, 5.74) is 2.75. The van der Waals surface area contributed by atoms with Crippen LogP contribution in [0, 0.1) is 11.3 Å². The van der Waals surface area contributed by atoms with Gasteiger partial charge in [0.15, 0.2) is 0 Å². The molecule has 3 aromatic rings. The van der Waals surface area contributed by atoms with Gasteiger partial charge in [-0.1, -0.05) is 0 Å². The Morgan fingerprint density at radius 3 is 2.66 bits per heavy atom. The molecule has 0 aliphatic carbocycles. The van der Waals surface area contributed by atoms with Crippen molar-refractivity contribution in [2.75, 3.05) is 36.8 Å². The van der Waals surface area contributed by atoms with Crippen molar-refractivity contribution in [1.29, 1.82) is 5.26 Å². The van der Waals surface area contributed by atoms with Crippen LogP contribution in [0.2, 0.25) is 0 Å². The highest BCUT2D eigenvalue weighted by molar-refractivity contribution is 5.90. The zero-order valence-corrected chi connectivity index (χ0v) is 17.9. The Kier molecular flexibility index (Phi) is 6.28. The number of benzene rings is 1. The van der Waals surface area contributed by atoms with E-state index >= 15 is 0 Å². The van der Waals surface area contributed by atoms with E-state index in [-0.39, 0.29) is 23.7 Å². The molecule has 0 spiro atoms. The SMILES string of the molecule is CC(C)Nc1cc(Nc2ccc(C#N)cc2)ncc1-c1nnc(C(=O)N2CCNCC2)o1. The second kappa shape index (κ2) is 9.45. The molecule has 1 aliphatic heterocycles. The van der Waals surface area contributed by atoms with Crippen molar-refractivity contribution in [3.8, 4) is 17.5 Å². The highest BCUT2D eigenvalue weighted by Crippen LogP contribution is 2.30. The van der Waals surface area contributed by atoms with Crippen LogP contribution in [0.3, 0.4) is 0 Å². The minimum Gasteiger partial charge on any atom is -0.412 e. The van der Waals surface area contributed by atoms with E-state index in [1.807, 2.05) is 32.0 Å². The molecule has 10 heteroatoms. The van der Waals surface area contributed by atoms with Gasteiger partial charge in [-0.25, -0.2) is 4.98 Å². The highest BCUT2D eigenvalue weighted by Gasteiger charge is 2.24. The van der Waals surface area contributed by atoms with Gasteiger partial charge in [-0.2, -0.15) is 5.26 Å². The number of amides is 1. The summed E-state index contributed by atoms with van der Waals surface area (Å²) in [7, 11) is 0. The minimum absolute atomic E-state index is 0.0304. The van der Waals surface area contributed by atoms with Crippen molar-refractivity contribution in [2.45, 2.75) is 19.9 Å². The minimum atomic E-state index is -0.268. The van der Waals surface area contributed by atoms with Crippen molar-refractivity contribution >= 4 is 23.1 Å². The van der Waals surface area contributed by atoms with E-state index in [9.17, 15) is 4.79 Å². The number of nitriles is 1. The maximum atomic E-state index is 12.7. The third kappa shape index (κ3) is 4.84. The lowest BCUT2D eigenvalue weighted by Gasteiger charge is -2.25. The van der Waals surface area contributed by atoms with Gasteiger partial charge in [0.2, 0.25) is 0 Å². The quantitative estimate of drug-likeness (QED) is 0.537. The zero-order valence-electron chi connectivity index (χ0n) is 17.9. The Balaban J connectivity index is 1.58. The van der Waals surface area contributed by atoms with Gasteiger partial charge in [0.1, 0.15) is 5.82 Å². The Morgan fingerprint density at radius 2 is 1.97 bits per heavy atom. The first-order chi connectivity index (χ1) is 15.5. The maximum Gasteiger partial charge on any atom is 0.311 e. The first-order valence-corrected chi connectivity index (χ1v) is 10.4. The number of nitrogens with zero attached hydrogens (tertiary/aromatic N) is 5. The van der Waals surface area contributed by atoms with Crippen LogP contribution in [0.5, 0.6) is 0 Å². The summed E-state index contributed by atoms with van der Waals surface area (Å²) in [6, 6.07) is 11.2. The van der Waals surface area contributed by atoms with Crippen LogP contribution in [0.4, 0.5) is 17.2 Å². The van der Waals surface area contributed by atoms with Crippen molar-refractivity contribution in [2.24, 2.45) is 0 Å². The molecule has 0 bridgehead atoms. The summed E-state index contributed by atoms with van der Waals surface area (Å²) in [6.45, 7) is 6.73. The number of carbonyl (C=O) groups excluding carboxylic acids is 1. The van der Waals surface area contributed by atoms with E-state index in [0.717, 1.165) is 24.5 Å². The van der Waals surface area contributed by atoms with Crippen LogP contribution in [0.25, 0.3) is 11.5 Å². The number of carbonyl (C=O) groups is 1. The van der Waals surface area contributed by atoms with E-state index in [2.05, 4.69) is 37.2 Å². The van der Waals surface area contributed by atoms with Crippen LogP contribution in [-0.4, -0.2) is 58.2 Å². The molecule has 2 aromatic heterocycles. The normalized spacial score (nSPS) is 13.6. The molecule has 1 aromatic carbocycles. The number of rotatable bonds is 6. The van der Waals surface area contributed by atoms with E-state index < -0.39 is 0 Å². The molecule has 1 saturated heterocycles. The smallest absolute Gasteiger partial charge is 0.311 e. The predicted octanol–water partition coefficient (Wildman–Crippen LogP) is 2.61. The van der Waals surface area contributed by atoms with Crippen LogP contribution < -0.4 is 16.0 Å². The van der Waals surface area contributed by atoms with Gasteiger partial charge in [0.05, 0.1) is 22.9 Å². The van der Waals surface area contributed by atoms with Crippen LogP contribution >= 0.6 is 0 Å². The lowest BCUT2D eigenvalue weighted by atomic mass is 10.2. The molecule has 0 radical (unpaired) electrons. The summed E-state index contributed by atoms with van der Waals surface area (Å²) >= 11 is 0. The zero-order chi connectivity index (χ0) is 22.5. The third-order valence-corrected chi connectivity index (χ3v) is 4.88. The van der Waals surface area contributed by atoms with Gasteiger partial charge < -0.3 is 25.3 Å². The van der Waals surface area contributed by atoms with E-state index in [0.29, 0.717) is 30.0 Å². The number of hydrogen-bond acceptors (Lipinski definition) is 9. The molecule has 0 saturated carbocycles. The third-order valence-electron chi connectivity index (χ3n) is 4.88. The van der Waals surface area contributed by atoms with Gasteiger partial charge >= 0.3 is 11.8 Å². The largest absolute Gasteiger partial charge is 0.412 e. The first-order valence-electron chi connectivity index (χ1n) is 10.4. The summed E-state index contributed by atoms with van der Waals surface area (Å²) < 4.78 is 5.73. The Labute approximate surface area is 185 Å². The molecule has 3 heterocycles. The van der Waals surface area contributed by atoms with Gasteiger partial charge in [-0.15, -0.1) is 10.2 Å². The summed E-state index contributed by atoms with van der Waals surface area (Å²) in [5, 5.41) is 26.8. The van der Waals surface area contributed by atoms with Gasteiger partial charge in [0.25, 0.3) is 5.89 Å². The molecule has 164 valence electrons. The van der Waals surface area contributed by atoms with Crippen LogP contribution in [0.15, 0.2) is 40.9 Å². The molecular weight excluding hydrogens is 408 g/mol. The fourth-order valence-electron chi connectivity index (χ4n) is 3.32. The Bertz CT molecular complexity index is 1130. The summed E-state index contributed by atoms with van der Waals surface area (Å²) in [5.74, 6) is 0.537. The van der Waals surface area contributed by atoms with Gasteiger partial charge in [-0.05, 0) is 38.1 Å². The number of nitrogens with one attached hydrogen (secondary N) is 3. The van der Waals surface area contributed by atoms with Crippen LogP contribution in [-0.2, 0) is 0 Å². The number of hydrogen-bond donors (Lipinski definition) is 3. The lowest BCUT2D eigenvalue weighted by Crippen LogP contribution is -2.46. The molecule has 1 amide bonds. The average molecular weight is 432 g/mol. The monoisotopic (exact) mass is 432 g/mol. The van der Waals surface area contributed by atoms with Crippen molar-refractivity contribution in [3.63, 3.8) is 0 Å². The number of piperazine rings is 1. The molecule has 10 nitrogen and oxygen atoms in total. The highest BCUT2D eigenvalue weighted by atomic mass is 16.4. The standard InChI is InChI=1S/C22H24N8O2/c1-14(2)26-18-11-19(27-16-5-3-15(12-23)4-6-16)25-13-17(18)20-28-29-21(32-20)22(31)30-9-7-24-8-10-30/h3-6,11,13-14,24H,7-10H2,1-2H3,(H2,25,26,27). The second-order valence-electron chi connectivity index (χ2n) is 7.68. The average Bonchev–Trinajstić information content (AvgIpc) is 3.29. The predicted molar refractivity (Wildman–Crippen MR) is 120 cm³/mol. The summed E-state index contributed by atoms with van der Waals surface area (Å²) in [4.78, 5) is 18.8. The van der Waals surface area contributed by atoms with Crippen molar-refractivity contribution in [3.05, 3.63) is 48.0 Å². The molecule has 1 aliphatic rings. The molecule has 3 N–H and O–H groups in total. The number of anilines is 3. The number of aromatic nitrogens is 3. The van der Waals surface area contributed by atoms with Crippen molar-refractivity contribution in [1.82, 2.24) is 25.4 Å². The van der Waals surface area contributed by atoms with Crippen LogP contribution in [0.1, 0.15) is 30.1 Å².